The Morgan fingerprint density at radius 3 is 2.50 bits per heavy atom. The largest absolute Gasteiger partial charge is 0.349 e. The Morgan fingerprint density at radius 1 is 1.44 bits per heavy atom. The Labute approximate surface area is 105 Å². The van der Waals surface area contributed by atoms with E-state index in [2.05, 4.69) is 11.2 Å². The van der Waals surface area contributed by atoms with Gasteiger partial charge in [0.1, 0.15) is 0 Å². The zero-order valence-corrected chi connectivity index (χ0v) is 10.3. The monoisotopic (exact) mass is 255 g/mol. The number of halogens is 2. The molecule has 1 atom stereocenters. The van der Waals surface area contributed by atoms with E-state index < -0.39 is 0 Å². The van der Waals surface area contributed by atoms with Crippen molar-refractivity contribution >= 4 is 29.1 Å². The lowest BCUT2D eigenvalue weighted by Crippen LogP contribution is -2.32. The van der Waals surface area contributed by atoms with Gasteiger partial charge in [0.15, 0.2) is 0 Å². The SMILES string of the molecule is C#CCC(C)NC(=O)c1cc(Cl)cc(Cl)c1. The van der Waals surface area contributed by atoms with Gasteiger partial charge in [-0.25, -0.2) is 0 Å². The second kappa shape index (κ2) is 5.79. The fourth-order valence-electron chi connectivity index (χ4n) is 1.22. The minimum Gasteiger partial charge on any atom is -0.349 e. The number of nitrogens with one attached hydrogen (secondary N) is 1. The average Bonchev–Trinajstić information content (AvgIpc) is 2.16. The van der Waals surface area contributed by atoms with Crippen LogP contribution in [0.4, 0.5) is 0 Å². The van der Waals surface area contributed by atoms with Gasteiger partial charge in [0.25, 0.3) is 5.91 Å². The summed E-state index contributed by atoms with van der Waals surface area (Å²) in [5.74, 6) is 2.25. The Balaban J connectivity index is 2.77. The predicted octanol–water partition coefficient (Wildman–Crippen LogP) is 3.14. The fraction of sp³-hybridized carbons (Fsp3) is 0.250. The molecule has 0 aliphatic heterocycles. The Bertz CT molecular complexity index is 417. The van der Waals surface area contributed by atoms with Crippen LogP contribution in [0.3, 0.4) is 0 Å². The van der Waals surface area contributed by atoms with Crippen LogP contribution in [0, 0.1) is 12.3 Å². The van der Waals surface area contributed by atoms with E-state index in [1.807, 2.05) is 6.92 Å². The lowest BCUT2D eigenvalue weighted by molar-refractivity contribution is 0.0941. The number of carbonyl (C=O) groups is 1. The molecule has 0 saturated carbocycles. The van der Waals surface area contributed by atoms with Gasteiger partial charge in [-0.1, -0.05) is 23.2 Å². The fourth-order valence-corrected chi connectivity index (χ4v) is 1.75. The highest BCUT2D eigenvalue weighted by Gasteiger charge is 2.10. The van der Waals surface area contributed by atoms with Gasteiger partial charge in [-0.3, -0.25) is 4.79 Å². The Hall–Kier alpha value is -1.17. The molecule has 4 heteroatoms. The summed E-state index contributed by atoms with van der Waals surface area (Å²) in [7, 11) is 0. The molecule has 0 aliphatic rings. The lowest BCUT2D eigenvalue weighted by atomic mass is 10.2. The standard InChI is InChI=1S/C12H11Cl2NO/c1-3-4-8(2)15-12(16)9-5-10(13)7-11(14)6-9/h1,5-8H,4H2,2H3,(H,15,16). The van der Waals surface area contributed by atoms with Crippen molar-refractivity contribution in [1.82, 2.24) is 5.32 Å². The van der Waals surface area contributed by atoms with Crippen molar-refractivity contribution in [1.29, 1.82) is 0 Å². The van der Waals surface area contributed by atoms with E-state index in [0.717, 1.165) is 0 Å². The van der Waals surface area contributed by atoms with Crippen LogP contribution in [0.1, 0.15) is 23.7 Å². The highest BCUT2D eigenvalue weighted by molar-refractivity contribution is 6.35. The van der Waals surface area contributed by atoms with Gasteiger partial charge in [-0.15, -0.1) is 12.3 Å². The molecular formula is C12H11Cl2NO. The molecule has 1 aromatic carbocycles. The lowest BCUT2D eigenvalue weighted by Gasteiger charge is -2.11. The predicted molar refractivity (Wildman–Crippen MR) is 66.8 cm³/mol. The molecule has 1 N–H and O–H groups in total. The molecular weight excluding hydrogens is 245 g/mol. The van der Waals surface area contributed by atoms with Gasteiger partial charge in [-0.2, -0.15) is 0 Å². The van der Waals surface area contributed by atoms with Gasteiger partial charge < -0.3 is 5.32 Å². The summed E-state index contributed by atoms with van der Waals surface area (Å²) in [6, 6.07) is 4.62. The maximum absolute atomic E-state index is 11.7. The van der Waals surface area contributed by atoms with Crippen molar-refractivity contribution < 1.29 is 4.79 Å². The van der Waals surface area contributed by atoms with Crippen molar-refractivity contribution in [3.63, 3.8) is 0 Å². The molecule has 1 unspecified atom stereocenters. The third-order valence-electron chi connectivity index (χ3n) is 1.93. The third kappa shape index (κ3) is 3.77. The average molecular weight is 256 g/mol. The molecule has 1 amide bonds. The molecule has 2 nitrogen and oxygen atoms in total. The minimum atomic E-state index is -0.229. The summed E-state index contributed by atoms with van der Waals surface area (Å²) in [4.78, 5) is 11.7. The Kier molecular flexibility index (Phi) is 4.67. The summed E-state index contributed by atoms with van der Waals surface area (Å²) >= 11 is 11.6. The summed E-state index contributed by atoms with van der Waals surface area (Å²) in [5.41, 5.74) is 0.432. The van der Waals surface area contributed by atoms with Crippen LogP contribution in [0.2, 0.25) is 10.0 Å². The summed E-state index contributed by atoms with van der Waals surface area (Å²) in [5, 5.41) is 3.62. The summed E-state index contributed by atoms with van der Waals surface area (Å²) < 4.78 is 0. The van der Waals surface area contributed by atoms with Gasteiger partial charge in [-0.05, 0) is 25.1 Å². The van der Waals surface area contributed by atoms with Crippen LogP contribution >= 0.6 is 23.2 Å². The second-order valence-electron chi connectivity index (χ2n) is 3.44. The first-order chi connectivity index (χ1) is 7.52. The smallest absolute Gasteiger partial charge is 0.251 e. The van der Waals surface area contributed by atoms with Crippen molar-refractivity contribution in [3.05, 3.63) is 33.8 Å². The van der Waals surface area contributed by atoms with E-state index in [0.29, 0.717) is 22.0 Å². The van der Waals surface area contributed by atoms with Gasteiger partial charge in [0, 0.05) is 28.1 Å². The third-order valence-corrected chi connectivity index (χ3v) is 2.36. The first-order valence-corrected chi connectivity index (χ1v) is 5.49. The maximum atomic E-state index is 11.7. The maximum Gasteiger partial charge on any atom is 0.251 e. The van der Waals surface area contributed by atoms with Crippen LogP contribution in [0.25, 0.3) is 0 Å². The van der Waals surface area contributed by atoms with E-state index in [9.17, 15) is 4.79 Å². The summed E-state index contributed by atoms with van der Waals surface area (Å²) in [6.45, 7) is 1.84. The molecule has 1 rings (SSSR count). The van der Waals surface area contributed by atoms with E-state index >= 15 is 0 Å². The first kappa shape index (κ1) is 12.9. The number of amides is 1. The number of hydrogen-bond acceptors (Lipinski definition) is 1. The number of carbonyl (C=O) groups excluding carboxylic acids is 1. The molecule has 0 spiro atoms. The molecule has 16 heavy (non-hydrogen) atoms. The van der Waals surface area contributed by atoms with E-state index in [1.165, 1.54) is 0 Å². The number of benzene rings is 1. The molecule has 0 aliphatic carbocycles. The van der Waals surface area contributed by atoms with Crippen molar-refractivity contribution in [2.24, 2.45) is 0 Å². The number of terminal acetylenes is 1. The van der Waals surface area contributed by atoms with Crippen LogP contribution in [0.5, 0.6) is 0 Å². The van der Waals surface area contributed by atoms with Crippen LogP contribution in [0.15, 0.2) is 18.2 Å². The molecule has 0 radical (unpaired) electrons. The van der Waals surface area contributed by atoms with E-state index in [4.69, 9.17) is 29.6 Å². The Morgan fingerprint density at radius 2 is 2.00 bits per heavy atom. The molecule has 1 aromatic rings. The van der Waals surface area contributed by atoms with Gasteiger partial charge in [0.2, 0.25) is 0 Å². The second-order valence-corrected chi connectivity index (χ2v) is 4.31. The van der Waals surface area contributed by atoms with Gasteiger partial charge in [0.05, 0.1) is 0 Å². The van der Waals surface area contributed by atoms with Crippen molar-refractivity contribution in [2.45, 2.75) is 19.4 Å². The zero-order valence-electron chi connectivity index (χ0n) is 8.76. The molecule has 0 aromatic heterocycles. The van der Waals surface area contributed by atoms with E-state index in [-0.39, 0.29) is 11.9 Å². The highest BCUT2D eigenvalue weighted by atomic mass is 35.5. The molecule has 84 valence electrons. The van der Waals surface area contributed by atoms with Crippen LogP contribution in [-0.4, -0.2) is 11.9 Å². The first-order valence-electron chi connectivity index (χ1n) is 4.73. The topological polar surface area (TPSA) is 29.1 Å². The zero-order chi connectivity index (χ0) is 12.1. The van der Waals surface area contributed by atoms with Crippen molar-refractivity contribution in [2.75, 3.05) is 0 Å². The number of rotatable bonds is 3. The van der Waals surface area contributed by atoms with Crippen LogP contribution < -0.4 is 5.32 Å². The van der Waals surface area contributed by atoms with Crippen LogP contribution in [-0.2, 0) is 0 Å². The summed E-state index contributed by atoms with van der Waals surface area (Å²) in [6.07, 6.45) is 5.63. The molecule has 0 bridgehead atoms. The van der Waals surface area contributed by atoms with E-state index in [1.54, 1.807) is 18.2 Å². The molecule has 0 fully saturated rings. The van der Waals surface area contributed by atoms with Crippen molar-refractivity contribution in [3.8, 4) is 12.3 Å². The molecule has 0 saturated heterocycles. The number of hydrogen-bond donors (Lipinski definition) is 1. The highest BCUT2D eigenvalue weighted by Crippen LogP contribution is 2.19. The quantitative estimate of drug-likeness (QED) is 0.827. The minimum absolute atomic E-state index is 0.0738. The van der Waals surface area contributed by atoms with Gasteiger partial charge >= 0.3 is 0 Å². The molecule has 0 heterocycles. The normalized spacial score (nSPS) is 11.6.